The minimum atomic E-state index is -1.72. The summed E-state index contributed by atoms with van der Waals surface area (Å²) in [6, 6.07) is -2.70. The molecule has 2 aliphatic rings. The molecule has 14 nitrogen and oxygen atoms in total. The van der Waals surface area contributed by atoms with E-state index in [-0.39, 0.29) is 18.8 Å². The van der Waals surface area contributed by atoms with E-state index in [0.29, 0.717) is 6.42 Å². The van der Waals surface area contributed by atoms with Crippen molar-refractivity contribution in [3.05, 3.63) is 0 Å². The number of esters is 1. The molecule has 2 heterocycles. The Morgan fingerprint density at radius 2 is 1.17 bits per heavy atom. The molecule has 2 unspecified atom stereocenters. The fourth-order valence-electron chi connectivity index (χ4n) is 7.30. The van der Waals surface area contributed by atoms with E-state index >= 15 is 0 Å². The van der Waals surface area contributed by atoms with Crippen molar-refractivity contribution in [2.75, 3.05) is 13.2 Å². The van der Waals surface area contributed by atoms with Crippen LogP contribution >= 0.6 is 0 Å². The predicted octanol–water partition coefficient (Wildman–Crippen LogP) is 3.62. The fourth-order valence-corrected chi connectivity index (χ4v) is 7.30. The highest BCUT2D eigenvalue weighted by Crippen LogP contribution is 2.28. The second-order valence-corrected chi connectivity index (χ2v) is 15.4. The highest BCUT2D eigenvalue weighted by molar-refractivity contribution is 5.77. The van der Waals surface area contributed by atoms with Gasteiger partial charge in [-0.3, -0.25) is 9.59 Å². The third-order valence-corrected chi connectivity index (χ3v) is 10.7. The Bertz CT molecular complexity index is 977. The van der Waals surface area contributed by atoms with E-state index in [1.165, 1.54) is 77.0 Å². The van der Waals surface area contributed by atoms with Crippen molar-refractivity contribution in [3.63, 3.8) is 0 Å². The molecule has 2 fully saturated rings. The molecule has 0 aromatic rings. The fraction of sp³-hybridized carbons (Fsp3) is 0.950. The number of ether oxygens (including phenoxy) is 4. The van der Waals surface area contributed by atoms with Crippen LogP contribution in [-0.4, -0.2) is 123 Å². The third-order valence-electron chi connectivity index (χ3n) is 10.7. The van der Waals surface area contributed by atoms with Gasteiger partial charge in [-0.05, 0) is 19.3 Å². The van der Waals surface area contributed by atoms with E-state index in [2.05, 4.69) is 19.2 Å². The number of rotatable bonds is 30. The van der Waals surface area contributed by atoms with Crippen LogP contribution in [0.2, 0.25) is 0 Å². The molecule has 2 rings (SSSR count). The molecule has 54 heavy (non-hydrogen) atoms. The molecule has 0 radical (unpaired) electrons. The van der Waals surface area contributed by atoms with Crippen LogP contribution in [0.5, 0.6) is 0 Å². The molecule has 14 heteroatoms. The van der Waals surface area contributed by atoms with Gasteiger partial charge in [0.05, 0.1) is 25.7 Å². The number of carbonyl (C=O) groups is 2. The van der Waals surface area contributed by atoms with Crippen molar-refractivity contribution in [2.24, 2.45) is 5.73 Å². The first-order valence-electron chi connectivity index (χ1n) is 21.2. The number of unbranched alkanes of at least 4 members (excludes halogenated alkanes) is 18. The SMILES string of the molecule is CCCCCCCCCCCCCC(=O)OC(CCCCCCCCCCC)CC(=O)N[C@H]1C(O)O[C@H](CO)[C@@H](O[C@@H]2O[C@H](CO)[C@@H](O)[C@H](O)[C@H]2N)[C@@H]1O. The van der Waals surface area contributed by atoms with Gasteiger partial charge in [0, 0.05) is 6.42 Å². The normalized spacial score (nSPS) is 29.2. The van der Waals surface area contributed by atoms with Gasteiger partial charge in [-0.15, -0.1) is 0 Å². The number of aliphatic hydroxyl groups is 6. The summed E-state index contributed by atoms with van der Waals surface area (Å²) >= 11 is 0. The van der Waals surface area contributed by atoms with Crippen LogP contribution in [0.15, 0.2) is 0 Å². The molecule has 0 saturated carbocycles. The zero-order chi connectivity index (χ0) is 39.7. The van der Waals surface area contributed by atoms with E-state index in [1.807, 2.05) is 0 Å². The number of hydrogen-bond donors (Lipinski definition) is 8. The summed E-state index contributed by atoms with van der Waals surface area (Å²) in [5.74, 6) is -0.937. The maximum atomic E-state index is 13.4. The zero-order valence-corrected chi connectivity index (χ0v) is 33.2. The van der Waals surface area contributed by atoms with Crippen molar-refractivity contribution < 1.29 is 59.2 Å². The second-order valence-electron chi connectivity index (χ2n) is 15.4. The highest BCUT2D eigenvalue weighted by Gasteiger charge is 2.50. The number of aliphatic hydroxyl groups excluding tert-OH is 6. The first kappa shape index (κ1) is 48.7. The molecule has 2 aliphatic heterocycles. The van der Waals surface area contributed by atoms with E-state index in [0.717, 1.165) is 51.4 Å². The second kappa shape index (κ2) is 28.9. The van der Waals surface area contributed by atoms with Gasteiger partial charge in [0.15, 0.2) is 12.6 Å². The van der Waals surface area contributed by atoms with Gasteiger partial charge in [0.25, 0.3) is 0 Å². The summed E-state index contributed by atoms with van der Waals surface area (Å²) < 4.78 is 22.6. The van der Waals surface area contributed by atoms with Crippen LogP contribution in [0.4, 0.5) is 0 Å². The molecule has 0 bridgehead atoms. The van der Waals surface area contributed by atoms with Crippen LogP contribution < -0.4 is 11.1 Å². The number of nitrogens with two attached hydrogens (primary N) is 1. The highest BCUT2D eigenvalue weighted by atomic mass is 16.7. The molecule has 9 N–H and O–H groups in total. The van der Waals surface area contributed by atoms with Crippen LogP contribution in [-0.2, 0) is 28.5 Å². The largest absolute Gasteiger partial charge is 0.462 e. The first-order chi connectivity index (χ1) is 26.1. The molecule has 318 valence electrons. The topological polar surface area (TPSA) is 230 Å². The molecular formula is C40H76N2O12. The number of hydrogen-bond acceptors (Lipinski definition) is 13. The molecule has 0 spiro atoms. The van der Waals surface area contributed by atoms with E-state index in [4.69, 9.17) is 24.7 Å². The van der Waals surface area contributed by atoms with Crippen LogP contribution in [0.25, 0.3) is 0 Å². The average molecular weight is 777 g/mol. The summed E-state index contributed by atoms with van der Waals surface area (Å²) in [5, 5.41) is 64.6. The molecular weight excluding hydrogens is 700 g/mol. The standard InChI is InChI=1S/C40H76N2O12/c1-3-5-7-9-11-13-14-16-18-20-22-24-32(46)51-28(23-21-19-17-15-12-10-8-6-4-2)25-31(45)42-34-37(49)38(30(27-44)52-39(34)50)54-40-33(41)36(48)35(47)29(26-43)53-40/h28-30,33-40,43-44,47-50H,3-27,41H2,1-2H3,(H,42,45)/t28?,29-,30-,33-,34-,35-,36-,37-,38-,39?,40+/m1/s1. The minimum Gasteiger partial charge on any atom is -0.462 e. The monoisotopic (exact) mass is 777 g/mol. The quantitative estimate of drug-likeness (QED) is 0.0386. The van der Waals surface area contributed by atoms with Gasteiger partial charge in [-0.1, -0.05) is 129 Å². The molecule has 11 atom stereocenters. The van der Waals surface area contributed by atoms with E-state index < -0.39 is 86.5 Å². The Balaban J connectivity index is 1.93. The summed E-state index contributed by atoms with van der Waals surface area (Å²) in [6.45, 7) is 3.08. The lowest BCUT2D eigenvalue weighted by Crippen LogP contribution is -2.68. The first-order valence-corrected chi connectivity index (χ1v) is 21.2. The van der Waals surface area contributed by atoms with Gasteiger partial charge >= 0.3 is 5.97 Å². The molecule has 0 aromatic carbocycles. The Morgan fingerprint density at radius 1 is 0.667 bits per heavy atom. The number of carbonyl (C=O) groups excluding carboxylic acids is 2. The van der Waals surface area contributed by atoms with Crippen molar-refractivity contribution in [1.82, 2.24) is 5.32 Å². The Morgan fingerprint density at radius 3 is 1.69 bits per heavy atom. The maximum absolute atomic E-state index is 13.4. The number of amides is 1. The van der Waals surface area contributed by atoms with Crippen molar-refractivity contribution in [2.45, 2.75) is 229 Å². The van der Waals surface area contributed by atoms with Gasteiger partial charge in [-0.2, -0.15) is 0 Å². The predicted molar refractivity (Wildman–Crippen MR) is 204 cm³/mol. The van der Waals surface area contributed by atoms with Crippen molar-refractivity contribution in [3.8, 4) is 0 Å². The smallest absolute Gasteiger partial charge is 0.306 e. The molecule has 1 amide bonds. The lowest BCUT2D eigenvalue weighted by molar-refractivity contribution is -0.325. The number of nitrogens with one attached hydrogen (secondary N) is 1. The Kier molecular flexibility index (Phi) is 26.0. The van der Waals surface area contributed by atoms with Crippen LogP contribution in [0.3, 0.4) is 0 Å². The molecule has 2 saturated heterocycles. The van der Waals surface area contributed by atoms with E-state index in [9.17, 15) is 40.2 Å². The van der Waals surface area contributed by atoms with Gasteiger partial charge in [0.1, 0.15) is 48.8 Å². The summed E-state index contributed by atoms with van der Waals surface area (Å²) in [4.78, 5) is 26.3. The minimum absolute atomic E-state index is 0.190. The molecule has 0 aromatic heterocycles. The van der Waals surface area contributed by atoms with Gasteiger partial charge in [0.2, 0.25) is 5.91 Å². The van der Waals surface area contributed by atoms with Crippen LogP contribution in [0.1, 0.15) is 162 Å². The third kappa shape index (κ3) is 18.2. The van der Waals surface area contributed by atoms with Gasteiger partial charge in [-0.25, -0.2) is 0 Å². The summed E-state index contributed by atoms with van der Waals surface area (Å²) in [5.41, 5.74) is 6.00. The summed E-state index contributed by atoms with van der Waals surface area (Å²) in [7, 11) is 0. The lowest BCUT2D eigenvalue weighted by Gasteiger charge is -2.46. The molecule has 0 aliphatic carbocycles. The zero-order valence-electron chi connectivity index (χ0n) is 33.2. The van der Waals surface area contributed by atoms with E-state index in [1.54, 1.807) is 0 Å². The van der Waals surface area contributed by atoms with Crippen LogP contribution in [0, 0.1) is 0 Å². The summed E-state index contributed by atoms with van der Waals surface area (Å²) in [6.07, 6.45) is 11.1. The Labute approximate surface area is 323 Å². The maximum Gasteiger partial charge on any atom is 0.306 e. The van der Waals surface area contributed by atoms with Crippen molar-refractivity contribution in [1.29, 1.82) is 0 Å². The lowest BCUT2D eigenvalue weighted by atomic mass is 9.95. The van der Waals surface area contributed by atoms with Crippen molar-refractivity contribution >= 4 is 11.9 Å². The Hall–Kier alpha value is -1.46. The van der Waals surface area contributed by atoms with Gasteiger partial charge < -0.3 is 60.6 Å². The average Bonchev–Trinajstić information content (AvgIpc) is 3.15.